The zero-order valence-electron chi connectivity index (χ0n) is 20.4. The molecule has 0 saturated carbocycles. The molecule has 0 fully saturated rings. The average molecular weight is 492 g/mol. The van der Waals surface area contributed by atoms with Crippen LogP contribution in [-0.2, 0) is 26.2 Å². The number of halogens is 1. The summed E-state index contributed by atoms with van der Waals surface area (Å²) in [5.41, 5.74) is 1.58. The fourth-order valence-corrected chi connectivity index (χ4v) is 4.47. The van der Waals surface area contributed by atoms with Gasteiger partial charge in [-0.25, -0.2) is 12.8 Å². The van der Waals surface area contributed by atoms with Gasteiger partial charge in [-0.1, -0.05) is 55.8 Å². The highest BCUT2D eigenvalue weighted by atomic mass is 32.2. The lowest BCUT2D eigenvalue weighted by atomic mass is 10.1. The molecule has 0 bridgehead atoms. The van der Waals surface area contributed by atoms with Crippen molar-refractivity contribution >= 4 is 27.5 Å². The lowest BCUT2D eigenvalue weighted by molar-refractivity contribution is -0.140. The fourth-order valence-electron chi connectivity index (χ4n) is 3.62. The summed E-state index contributed by atoms with van der Waals surface area (Å²) in [5.74, 6) is -1.66. The van der Waals surface area contributed by atoms with Gasteiger partial charge in [0.15, 0.2) is 0 Å². The zero-order valence-corrected chi connectivity index (χ0v) is 21.2. The number of carbonyl (C=O) groups excluding carboxylic acids is 2. The summed E-state index contributed by atoms with van der Waals surface area (Å²) in [7, 11) is -3.98. The van der Waals surface area contributed by atoms with E-state index in [0.29, 0.717) is 6.42 Å². The molecule has 2 atom stereocenters. The van der Waals surface area contributed by atoms with Gasteiger partial charge in [-0.2, -0.15) is 0 Å². The fraction of sp³-hybridized carbons (Fsp3) is 0.440. The van der Waals surface area contributed by atoms with Gasteiger partial charge in [0.2, 0.25) is 21.8 Å². The van der Waals surface area contributed by atoms with Crippen molar-refractivity contribution in [2.75, 3.05) is 17.1 Å². The molecule has 7 nitrogen and oxygen atoms in total. The van der Waals surface area contributed by atoms with Crippen LogP contribution in [0.5, 0.6) is 0 Å². The van der Waals surface area contributed by atoms with E-state index in [1.165, 1.54) is 23.1 Å². The molecule has 0 radical (unpaired) electrons. The number of anilines is 1. The second-order valence-corrected chi connectivity index (χ2v) is 10.4. The second kappa shape index (κ2) is 12.0. The van der Waals surface area contributed by atoms with Crippen LogP contribution in [0.4, 0.5) is 10.1 Å². The van der Waals surface area contributed by atoms with Crippen molar-refractivity contribution in [2.45, 2.75) is 59.2 Å². The van der Waals surface area contributed by atoms with Crippen LogP contribution < -0.4 is 9.62 Å². The number of sulfonamides is 1. The van der Waals surface area contributed by atoms with Gasteiger partial charge < -0.3 is 10.2 Å². The van der Waals surface area contributed by atoms with Crippen LogP contribution in [0.1, 0.15) is 44.7 Å². The Hall–Kier alpha value is -2.94. The van der Waals surface area contributed by atoms with Gasteiger partial charge in [-0.3, -0.25) is 13.9 Å². The van der Waals surface area contributed by atoms with E-state index in [-0.39, 0.29) is 24.2 Å². The summed E-state index contributed by atoms with van der Waals surface area (Å²) >= 11 is 0. The third-order valence-electron chi connectivity index (χ3n) is 5.62. The van der Waals surface area contributed by atoms with Gasteiger partial charge in [0.1, 0.15) is 18.4 Å². The average Bonchev–Trinajstić information content (AvgIpc) is 2.77. The lowest BCUT2D eigenvalue weighted by Crippen LogP contribution is -2.53. The Labute approximate surface area is 202 Å². The molecule has 2 aromatic rings. The molecule has 0 aliphatic rings. The normalized spacial score (nSPS) is 13.1. The zero-order chi connectivity index (χ0) is 25.5. The highest BCUT2D eigenvalue weighted by molar-refractivity contribution is 7.92. The Bertz CT molecular complexity index is 1110. The molecule has 186 valence electrons. The van der Waals surface area contributed by atoms with Gasteiger partial charge in [0, 0.05) is 12.6 Å². The number of nitrogens with zero attached hydrogens (tertiary/aromatic N) is 2. The van der Waals surface area contributed by atoms with Gasteiger partial charge in [0.05, 0.1) is 11.9 Å². The van der Waals surface area contributed by atoms with E-state index in [2.05, 4.69) is 5.32 Å². The summed E-state index contributed by atoms with van der Waals surface area (Å²) in [6.07, 6.45) is 1.98. The Morgan fingerprint density at radius 3 is 2.29 bits per heavy atom. The summed E-state index contributed by atoms with van der Waals surface area (Å²) in [6.45, 7) is 7.02. The smallest absolute Gasteiger partial charge is 0.244 e. The maximum Gasteiger partial charge on any atom is 0.244 e. The number of nitrogens with one attached hydrogen (secondary N) is 1. The molecule has 1 N–H and O–H groups in total. The Morgan fingerprint density at radius 2 is 1.74 bits per heavy atom. The van der Waals surface area contributed by atoms with Crippen LogP contribution in [0.25, 0.3) is 0 Å². The SMILES string of the molecule is CC[C@@H](C)NC(=O)[C@H](CC)N(Cc1cccc(C)c1)C(=O)CN(c1ccccc1F)S(C)(=O)=O. The largest absolute Gasteiger partial charge is 0.352 e. The van der Waals surface area contributed by atoms with Crippen LogP contribution in [0.3, 0.4) is 0 Å². The Balaban J connectivity index is 2.45. The first-order valence-electron chi connectivity index (χ1n) is 11.4. The molecule has 2 aromatic carbocycles. The monoisotopic (exact) mass is 491 g/mol. The van der Waals surface area contributed by atoms with Crippen LogP contribution in [-0.4, -0.2) is 50.0 Å². The molecule has 0 heterocycles. The minimum absolute atomic E-state index is 0.0802. The predicted molar refractivity (Wildman–Crippen MR) is 132 cm³/mol. The Kier molecular flexibility index (Phi) is 9.61. The molecule has 2 amide bonds. The standard InChI is InChI=1S/C25H34FN3O4S/c1-6-19(4)27-25(31)22(7-2)28(16-20-12-10-11-18(3)15-20)24(30)17-29(34(5,32)33)23-14-9-8-13-21(23)26/h8-15,19,22H,6-7,16-17H2,1-5H3,(H,27,31)/t19-,22+/m1/s1. The van der Waals surface area contributed by atoms with Crippen molar-refractivity contribution in [2.24, 2.45) is 0 Å². The third kappa shape index (κ3) is 7.28. The molecule has 0 unspecified atom stereocenters. The summed E-state index contributed by atoms with van der Waals surface area (Å²) in [6, 6.07) is 12.0. The molecule has 9 heteroatoms. The van der Waals surface area contributed by atoms with Crippen LogP contribution in [0.2, 0.25) is 0 Å². The Morgan fingerprint density at radius 1 is 1.06 bits per heavy atom. The topological polar surface area (TPSA) is 86.8 Å². The maximum atomic E-state index is 14.5. The molecular weight excluding hydrogens is 457 g/mol. The number of benzene rings is 2. The summed E-state index contributed by atoms with van der Waals surface area (Å²) < 4.78 is 40.2. The van der Waals surface area contributed by atoms with Crippen LogP contribution in [0, 0.1) is 12.7 Å². The first-order valence-corrected chi connectivity index (χ1v) is 13.2. The molecule has 34 heavy (non-hydrogen) atoms. The lowest BCUT2D eigenvalue weighted by Gasteiger charge is -2.33. The van der Waals surface area contributed by atoms with E-state index in [1.54, 1.807) is 6.92 Å². The van der Waals surface area contributed by atoms with Crippen molar-refractivity contribution in [3.63, 3.8) is 0 Å². The van der Waals surface area contributed by atoms with Crippen molar-refractivity contribution in [3.05, 3.63) is 65.5 Å². The van der Waals surface area contributed by atoms with Crippen molar-refractivity contribution in [3.8, 4) is 0 Å². The molecule has 0 aliphatic carbocycles. The van der Waals surface area contributed by atoms with Gasteiger partial charge >= 0.3 is 0 Å². The van der Waals surface area contributed by atoms with Gasteiger partial charge in [0.25, 0.3) is 0 Å². The van der Waals surface area contributed by atoms with E-state index in [1.807, 2.05) is 45.0 Å². The van der Waals surface area contributed by atoms with Crippen LogP contribution >= 0.6 is 0 Å². The molecule has 0 aromatic heterocycles. The summed E-state index contributed by atoms with van der Waals surface area (Å²) in [4.78, 5) is 28.0. The van der Waals surface area contributed by atoms with E-state index >= 15 is 0 Å². The highest BCUT2D eigenvalue weighted by Gasteiger charge is 2.32. The number of hydrogen-bond donors (Lipinski definition) is 1. The maximum absolute atomic E-state index is 14.5. The summed E-state index contributed by atoms with van der Waals surface area (Å²) in [5, 5.41) is 2.91. The minimum atomic E-state index is -3.98. The number of para-hydroxylation sites is 1. The second-order valence-electron chi connectivity index (χ2n) is 8.47. The van der Waals surface area contributed by atoms with Crippen LogP contribution in [0.15, 0.2) is 48.5 Å². The number of aryl methyl sites for hydroxylation is 1. The van der Waals surface area contributed by atoms with Gasteiger partial charge in [-0.15, -0.1) is 0 Å². The van der Waals surface area contributed by atoms with Crippen molar-refractivity contribution in [1.29, 1.82) is 0 Å². The van der Waals surface area contributed by atoms with E-state index in [4.69, 9.17) is 0 Å². The number of carbonyl (C=O) groups is 2. The first kappa shape index (κ1) is 27.3. The molecule has 0 spiro atoms. The predicted octanol–water partition coefficient (Wildman–Crippen LogP) is 3.62. The number of hydrogen-bond acceptors (Lipinski definition) is 4. The molecule has 2 rings (SSSR count). The molecule has 0 aliphatic heterocycles. The van der Waals surface area contributed by atoms with E-state index < -0.39 is 34.3 Å². The third-order valence-corrected chi connectivity index (χ3v) is 6.75. The number of rotatable bonds is 11. The van der Waals surface area contributed by atoms with E-state index in [9.17, 15) is 22.4 Å². The highest BCUT2D eigenvalue weighted by Crippen LogP contribution is 2.22. The van der Waals surface area contributed by atoms with E-state index in [0.717, 1.165) is 34.2 Å². The minimum Gasteiger partial charge on any atom is -0.352 e. The van der Waals surface area contributed by atoms with Crippen molar-refractivity contribution in [1.82, 2.24) is 10.2 Å². The number of amides is 2. The van der Waals surface area contributed by atoms with Gasteiger partial charge in [-0.05, 0) is 44.4 Å². The molecule has 0 saturated heterocycles. The quantitative estimate of drug-likeness (QED) is 0.520. The first-order chi connectivity index (χ1) is 16.0. The van der Waals surface area contributed by atoms with Crippen molar-refractivity contribution < 1.29 is 22.4 Å². The molecular formula is C25H34FN3O4S.